The van der Waals surface area contributed by atoms with Gasteiger partial charge in [-0.1, -0.05) is 30.3 Å². The molecule has 1 saturated heterocycles. The summed E-state index contributed by atoms with van der Waals surface area (Å²) < 4.78 is 5.99. The third-order valence-corrected chi connectivity index (χ3v) is 4.06. The van der Waals surface area contributed by atoms with Crippen molar-refractivity contribution in [1.82, 2.24) is 5.32 Å². The van der Waals surface area contributed by atoms with E-state index in [4.69, 9.17) is 4.74 Å². The maximum Gasteiger partial charge on any atom is 0.119 e. The molecule has 1 aromatic rings. The predicted octanol–water partition coefficient (Wildman–Crippen LogP) is 2.88. The Balaban J connectivity index is 1.51. The first kappa shape index (κ1) is 11.2. The van der Waals surface area contributed by atoms with Crippen molar-refractivity contribution in [2.24, 2.45) is 0 Å². The summed E-state index contributed by atoms with van der Waals surface area (Å²) in [5.41, 5.74) is 1.49. The summed E-state index contributed by atoms with van der Waals surface area (Å²) in [6.45, 7) is 0.896. The van der Waals surface area contributed by atoms with E-state index in [-0.39, 0.29) is 5.72 Å². The second-order valence-electron chi connectivity index (χ2n) is 5.38. The highest BCUT2D eigenvalue weighted by atomic mass is 16.5. The quantitative estimate of drug-likeness (QED) is 0.863. The van der Waals surface area contributed by atoms with Crippen molar-refractivity contribution >= 4 is 0 Å². The average Bonchev–Trinajstić information content (AvgIpc) is 2.99. The Morgan fingerprint density at radius 3 is 2.71 bits per heavy atom. The molecule has 0 bridgehead atoms. The van der Waals surface area contributed by atoms with Crippen LogP contribution in [0.15, 0.2) is 30.3 Å². The lowest BCUT2D eigenvalue weighted by Gasteiger charge is -2.23. The van der Waals surface area contributed by atoms with E-state index in [1.54, 1.807) is 0 Å². The normalized spacial score (nSPS) is 26.7. The molecule has 92 valence electrons. The molecular weight excluding hydrogens is 210 g/mol. The Hall–Kier alpha value is -0.860. The first-order valence-electron chi connectivity index (χ1n) is 6.82. The van der Waals surface area contributed by atoms with Crippen molar-refractivity contribution in [3.05, 3.63) is 35.9 Å². The largest absolute Gasteiger partial charge is 0.359 e. The molecule has 1 aromatic carbocycles. The molecule has 1 aliphatic heterocycles. The fourth-order valence-corrected chi connectivity index (χ4v) is 3.09. The van der Waals surface area contributed by atoms with Crippen LogP contribution in [0.3, 0.4) is 0 Å². The maximum absolute atomic E-state index is 5.99. The van der Waals surface area contributed by atoms with Gasteiger partial charge in [0, 0.05) is 6.04 Å². The van der Waals surface area contributed by atoms with E-state index >= 15 is 0 Å². The Bertz CT molecular complexity index is 356. The highest BCUT2D eigenvalue weighted by molar-refractivity contribution is 5.15. The van der Waals surface area contributed by atoms with Crippen LogP contribution in [-0.4, -0.2) is 18.4 Å². The van der Waals surface area contributed by atoms with E-state index in [9.17, 15) is 0 Å². The van der Waals surface area contributed by atoms with Crippen LogP contribution < -0.4 is 5.32 Å². The number of hydrogen-bond acceptors (Lipinski definition) is 2. The minimum atomic E-state index is 0.0569. The van der Waals surface area contributed by atoms with Gasteiger partial charge in [0.05, 0.1) is 6.61 Å². The van der Waals surface area contributed by atoms with Gasteiger partial charge in [0.2, 0.25) is 0 Å². The van der Waals surface area contributed by atoms with Gasteiger partial charge in [0.15, 0.2) is 0 Å². The van der Waals surface area contributed by atoms with E-state index in [0.29, 0.717) is 6.04 Å². The lowest BCUT2D eigenvalue weighted by atomic mass is 10.1. The first-order valence-corrected chi connectivity index (χ1v) is 6.82. The van der Waals surface area contributed by atoms with Crippen LogP contribution in [0, 0.1) is 0 Å². The van der Waals surface area contributed by atoms with Gasteiger partial charge >= 0.3 is 0 Å². The molecule has 1 saturated carbocycles. The van der Waals surface area contributed by atoms with Crippen LogP contribution in [-0.2, 0) is 11.2 Å². The van der Waals surface area contributed by atoms with Crippen molar-refractivity contribution in [2.75, 3.05) is 6.61 Å². The third-order valence-electron chi connectivity index (χ3n) is 4.06. The molecule has 1 aliphatic carbocycles. The summed E-state index contributed by atoms with van der Waals surface area (Å²) >= 11 is 0. The lowest BCUT2D eigenvalue weighted by Crippen LogP contribution is -2.41. The number of benzene rings is 1. The number of hydrogen-bond donors (Lipinski definition) is 1. The van der Waals surface area contributed by atoms with E-state index < -0.39 is 0 Å². The minimum Gasteiger partial charge on any atom is -0.359 e. The van der Waals surface area contributed by atoms with Crippen LogP contribution in [0.2, 0.25) is 0 Å². The monoisotopic (exact) mass is 231 g/mol. The molecule has 3 rings (SSSR count). The molecular formula is C15H21NO. The molecule has 0 aromatic heterocycles. The number of rotatable bonds is 3. The van der Waals surface area contributed by atoms with Crippen LogP contribution in [0.25, 0.3) is 0 Å². The second-order valence-corrected chi connectivity index (χ2v) is 5.38. The van der Waals surface area contributed by atoms with Crippen LogP contribution in [0.1, 0.15) is 37.7 Å². The van der Waals surface area contributed by atoms with E-state index in [1.165, 1.54) is 37.7 Å². The minimum absolute atomic E-state index is 0.0569. The lowest BCUT2D eigenvalue weighted by molar-refractivity contribution is -0.00359. The molecule has 1 atom stereocenters. The van der Waals surface area contributed by atoms with E-state index in [0.717, 1.165) is 13.0 Å². The Morgan fingerprint density at radius 1 is 1.18 bits per heavy atom. The standard InChI is InChI=1S/C15H21NO/c1-2-6-13(7-3-1)8-9-14-12-17-15(16-14)10-4-5-11-15/h1-3,6-7,14,16H,4-5,8-12H2/t14-/m0/s1. The summed E-state index contributed by atoms with van der Waals surface area (Å²) in [5.74, 6) is 0. The molecule has 17 heavy (non-hydrogen) atoms. The van der Waals surface area contributed by atoms with Crippen molar-refractivity contribution in [3.63, 3.8) is 0 Å². The molecule has 2 heteroatoms. The molecule has 1 N–H and O–H groups in total. The van der Waals surface area contributed by atoms with Gasteiger partial charge in [-0.25, -0.2) is 0 Å². The number of nitrogens with one attached hydrogen (secondary N) is 1. The summed E-state index contributed by atoms with van der Waals surface area (Å²) in [5, 5.41) is 3.71. The first-order chi connectivity index (χ1) is 8.36. The fraction of sp³-hybridized carbons (Fsp3) is 0.600. The van der Waals surface area contributed by atoms with Crippen molar-refractivity contribution in [2.45, 2.75) is 50.3 Å². The summed E-state index contributed by atoms with van der Waals surface area (Å²) in [7, 11) is 0. The van der Waals surface area contributed by atoms with Gasteiger partial charge in [-0.15, -0.1) is 0 Å². The zero-order valence-electron chi connectivity index (χ0n) is 10.3. The SMILES string of the molecule is c1ccc(CC[C@H]2COC3(CCCC3)N2)cc1. The Morgan fingerprint density at radius 2 is 1.94 bits per heavy atom. The van der Waals surface area contributed by atoms with Gasteiger partial charge in [-0.2, -0.15) is 0 Å². The number of aryl methyl sites for hydroxylation is 1. The highest BCUT2D eigenvalue weighted by Gasteiger charge is 2.41. The predicted molar refractivity (Wildman–Crippen MR) is 68.8 cm³/mol. The average molecular weight is 231 g/mol. The molecule has 0 radical (unpaired) electrons. The fourth-order valence-electron chi connectivity index (χ4n) is 3.09. The molecule has 2 nitrogen and oxygen atoms in total. The molecule has 0 unspecified atom stereocenters. The molecule has 1 spiro atoms. The Kier molecular flexibility index (Phi) is 3.17. The topological polar surface area (TPSA) is 21.3 Å². The van der Waals surface area contributed by atoms with E-state index in [1.807, 2.05) is 0 Å². The second kappa shape index (κ2) is 4.79. The smallest absolute Gasteiger partial charge is 0.119 e. The molecule has 0 amide bonds. The third kappa shape index (κ3) is 2.53. The van der Waals surface area contributed by atoms with E-state index in [2.05, 4.69) is 35.6 Å². The maximum atomic E-state index is 5.99. The zero-order chi connectivity index (χ0) is 11.6. The van der Waals surface area contributed by atoms with Gasteiger partial charge < -0.3 is 4.74 Å². The van der Waals surface area contributed by atoms with Crippen LogP contribution in [0.4, 0.5) is 0 Å². The van der Waals surface area contributed by atoms with Crippen molar-refractivity contribution in [3.8, 4) is 0 Å². The molecule has 2 fully saturated rings. The molecule has 1 heterocycles. The summed E-state index contributed by atoms with van der Waals surface area (Å²) in [4.78, 5) is 0. The van der Waals surface area contributed by atoms with Crippen molar-refractivity contribution < 1.29 is 4.74 Å². The van der Waals surface area contributed by atoms with Crippen LogP contribution in [0.5, 0.6) is 0 Å². The summed E-state index contributed by atoms with van der Waals surface area (Å²) in [6.07, 6.45) is 7.38. The van der Waals surface area contributed by atoms with Gasteiger partial charge in [-0.3, -0.25) is 5.32 Å². The van der Waals surface area contributed by atoms with Gasteiger partial charge in [-0.05, 0) is 44.1 Å². The van der Waals surface area contributed by atoms with Gasteiger partial charge in [0.1, 0.15) is 5.72 Å². The summed E-state index contributed by atoms with van der Waals surface area (Å²) in [6, 6.07) is 11.3. The van der Waals surface area contributed by atoms with Gasteiger partial charge in [0.25, 0.3) is 0 Å². The zero-order valence-corrected chi connectivity index (χ0v) is 10.3. The highest BCUT2D eigenvalue weighted by Crippen LogP contribution is 2.35. The van der Waals surface area contributed by atoms with Crippen molar-refractivity contribution in [1.29, 1.82) is 0 Å². The number of ether oxygens (including phenoxy) is 1. The Labute approximate surface area is 103 Å². The van der Waals surface area contributed by atoms with Crippen LogP contribution >= 0.6 is 0 Å². The molecule has 2 aliphatic rings.